The highest BCUT2D eigenvalue weighted by Crippen LogP contribution is 2.35. The van der Waals surface area contributed by atoms with Gasteiger partial charge in [0.25, 0.3) is 5.91 Å². The summed E-state index contributed by atoms with van der Waals surface area (Å²) in [6.07, 6.45) is 0.941. The van der Waals surface area contributed by atoms with Gasteiger partial charge in [-0.3, -0.25) is 19.4 Å². The van der Waals surface area contributed by atoms with E-state index in [0.29, 0.717) is 11.8 Å². The minimum atomic E-state index is -0.682. The van der Waals surface area contributed by atoms with E-state index in [9.17, 15) is 14.4 Å². The van der Waals surface area contributed by atoms with Crippen LogP contribution in [0.25, 0.3) is 0 Å². The number of aromatic nitrogens is 2. The second-order valence-corrected chi connectivity index (χ2v) is 6.33. The summed E-state index contributed by atoms with van der Waals surface area (Å²) in [5.74, 6) is 0.481. The van der Waals surface area contributed by atoms with Gasteiger partial charge in [0.2, 0.25) is 11.9 Å². The van der Waals surface area contributed by atoms with Gasteiger partial charge < -0.3 is 0 Å². The molecule has 3 rings (SSSR count). The third-order valence-corrected chi connectivity index (χ3v) is 4.65. The number of rotatable bonds is 4. The standard InChI is InChI=1S/C16H22N5O3/c1-6-7-19-10(3)11(4)21-12-13(17-15(19)21)18(5)16(24)20(14(12)23)8-9(2)22/h12H,6-8H2,1-5H3/q+1. The molecule has 1 fully saturated rings. The van der Waals surface area contributed by atoms with Crippen LogP contribution in [0, 0.1) is 13.8 Å². The molecule has 1 atom stereocenters. The Morgan fingerprint density at radius 2 is 1.96 bits per heavy atom. The van der Waals surface area contributed by atoms with Crippen molar-refractivity contribution in [2.45, 2.75) is 46.7 Å². The molecular weight excluding hydrogens is 310 g/mol. The van der Waals surface area contributed by atoms with Crippen LogP contribution in [0.2, 0.25) is 0 Å². The third kappa shape index (κ3) is 2.09. The Morgan fingerprint density at radius 3 is 2.54 bits per heavy atom. The Kier molecular flexibility index (Phi) is 3.77. The molecule has 3 amide bonds. The summed E-state index contributed by atoms with van der Waals surface area (Å²) >= 11 is 0. The molecule has 8 nitrogen and oxygen atoms in total. The van der Waals surface area contributed by atoms with Crippen LogP contribution in [0.4, 0.5) is 10.7 Å². The largest absolute Gasteiger partial charge is 0.402 e. The summed E-state index contributed by atoms with van der Waals surface area (Å²) < 4.78 is 3.94. The summed E-state index contributed by atoms with van der Waals surface area (Å²) in [6, 6.07) is -1.19. The van der Waals surface area contributed by atoms with E-state index in [1.165, 1.54) is 11.8 Å². The van der Waals surface area contributed by atoms with Gasteiger partial charge in [-0.2, -0.15) is 0 Å². The maximum Gasteiger partial charge on any atom is 0.402 e. The van der Waals surface area contributed by atoms with Crippen molar-refractivity contribution in [1.29, 1.82) is 0 Å². The number of ketones is 1. The first kappa shape index (κ1) is 16.4. The lowest BCUT2D eigenvalue weighted by atomic mass is 10.1. The van der Waals surface area contributed by atoms with Gasteiger partial charge in [-0.1, -0.05) is 11.9 Å². The average Bonchev–Trinajstić information content (AvgIpc) is 3.02. The van der Waals surface area contributed by atoms with Crippen LogP contribution in [-0.4, -0.2) is 51.5 Å². The van der Waals surface area contributed by atoms with Crippen molar-refractivity contribution in [3.8, 4) is 0 Å². The number of hydrogen-bond donors (Lipinski definition) is 0. The summed E-state index contributed by atoms with van der Waals surface area (Å²) in [5, 5.41) is 0. The van der Waals surface area contributed by atoms with Gasteiger partial charge >= 0.3 is 12.0 Å². The van der Waals surface area contributed by atoms with Crippen molar-refractivity contribution >= 4 is 29.5 Å². The van der Waals surface area contributed by atoms with Gasteiger partial charge in [-0.05, 0) is 27.2 Å². The summed E-state index contributed by atoms with van der Waals surface area (Å²) in [6.45, 7) is 7.97. The molecule has 128 valence electrons. The van der Waals surface area contributed by atoms with Gasteiger partial charge in [-0.15, -0.1) is 0 Å². The van der Waals surface area contributed by atoms with E-state index < -0.39 is 18.0 Å². The Labute approximate surface area is 140 Å². The first-order valence-electron chi connectivity index (χ1n) is 8.07. The molecule has 1 saturated heterocycles. The molecule has 24 heavy (non-hydrogen) atoms. The number of amides is 3. The fourth-order valence-corrected chi connectivity index (χ4v) is 3.36. The summed E-state index contributed by atoms with van der Waals surface area (Å²) in [4.78, 5) is 43.8. The second-order valence-electron chi connectivity index (χ2n) is 6.33. The molecule has 0 spiro atoms. The predicted octanol–water partition coefficient (Wildman–Crippen LogP) is 0.870. The molecule has 8 heteroatoms. The second kappa shape index (κ2) is 5.54. The number of aliphatic imine (C=N–C) groups is 1. The number of Topliss-reactive ketones (excluding diaryl/α,β-unsaturated/α-hetero) is 1. The topological polar surface area (TPSA) is 78.9 Å². The normalized spacial score (nSPS) is 19.5. The molecule has 2 aliphatic rings. The summed E-state index contributed by atoms with van der Waals surface area (Å²) in [7, 11) is 1.59. The van der Waals surface area contributed by atoms with Crippen LogP contribution in [0.15, 0.2) is 4.99 Å². The summed E-state index contributed by atoms with van der Waals surface area (Å²) in [5.41, 5.74) is 2.00. The molecule has 1 aromatic rings. The molecule has 0 aliphatic carbocycles. The lowest BCUT2D eigenvalue weighted by Crippen LogP contribution is -2.58. The van der Waals surface area contributed by atoms with Gasteiger partial charge in [0.15, 0.2) is 0 Å². The van der Waals surface area contributed by atoms with E-state index >= 15 is 0 Å². The maximum atomic E-state index is 12.9. The minimum absolute atomic E-state index is 0.213. The Hall–Kier alpha value is -2.51. The number of urea groups is 1. The highest BCUT2D eigenvalue weighted by atomic mass is 16.2. The Bertz CT molecular complexity index is 792. The van der Waals surface area contributed by atoms with Crippen molar-refractivity contribution < 1.29 is 19.0 Å². The van der Waals surface area contributed by atoms with E-state index in [1.54, 1.807) is 7.05 Å². The number of carbonyl (C=O) groups is 3. The lowest BCUT2D eigenvalue weighted by Gasteiger charge is -2.32. The van der Waals surface area contributed by atoms with Crippen molar-refractivity contribution in [3.63, 3.8) is 0 Å². The predicted molar refractivity (Wildman–Crippen MR) is 86.1 cm³/mol. The lowest BCUT2D eigenvalue weighted by molar-refractivity contribution is -0.689. The average molecular weight is 332 g/mol. The van der Waals surface area contributed by atoms with Crippen LogP contribution < -0.4 is 4.57 Å². The van der Waals surface area contributed by atoms with Gasteiger partial charge in [0, 0.05) is 7.05 Å². The Morgan fingerprint density at radius 1 is 1.29 bits per heavy atom. The van der Waals surface area contributed by atoms with Crippen molar-refractivity contribution in [3.05, 3.63) is 11.4 Å². The van der Waals surface area contributed by atoms with E-state index in [4.69, 9.17) is 0 Å². The maximum absolute atomic E-state index is 12.9. The molecule has 1 aromatic heterocycles. The van der Waals surface area contributed by atoms with Gasteiger partial charge in [-0.25, -0.2) is 13.9 Å². The zero-order valence-electron chi connectivity index (χ0n) is 14.7. The molecule has 2 aliphatic heterocycles. The molecular formula is C16H22N5O3+. The zero-order valence-corrected chi connectivity index (χ0v) is 14.7. The number of carbonyl (C=O) groups excluding carboxylic acids is 3. The number of hydrogen-bond acceptors (Lipinski definition) is 4. The molecule has 0 N–H and O–H groups in total. The first-order valence-corrected chi connectivity index (χ1v) is 8.07. The zero-order chi connectivity index (χ0) is 17.8. The van der Waals surface area contributed by atoms with Crippen LogP contribution in [-0.2, 0) is 16.1 Å². The molecule has 0 saturated carbocycles. The molecule has 0 radical (unpaired) electrons. The van der Waals surface area contributed by atoms with E-state index in [2.05, 4.69) is 16.5 Å². The molecule has 0 bridgehead atoms. The van der Waals surface area contributed by atoms with Crippen LogP contribution in [0.3, 0.4) is 0 Å². The van der Waals surface area contributed by atoms with Gasteiger partial charge in [0.1, 0.15) is 17.2 Å². The SMILES string of the molecule is CCC[n+]1c(C)c(C)n2c1N=C1C2C(=O)N(CC(C)=O)C(=O)N1C. The molecule has 1 unspecified atom stereocenters. The monoisotopic (exact) mass is 332 g/mol. The van der Waals surface area contributed by atoms with Crippen LogP contribution >= 0.6 is 0 Å². The number of fused-ring (bicyclic) bond motifs is 3. The fraction of sp³-hybridized carbons (Fsp3) is 0.562. The Balaban J connectivity index is 2.13. The number of imidazole rings is 1. The first-order chi connectivity index (χ1) is 11.3. The molecule has 0 aromatic carbocycles. The van der Waals surface area contributed by atoms with Crippen molar-refractivity contribution in [2.24, 2.45) is 4.99 Å². The van der Waals surface area contributed by atoms with Crippen LogP contribution in [0.1, 0.15) is 37.7 Å². The number of nitrogens with zero attached hydrogens (tertiary/aromatic N) is 5. The third-order valence-electron chi connectivity index (χ3n) is 4.65. The van der Waals surface area contributed by atoms with Crippen molar-refractivity contribution in [2.75, 3.05) is 13.6 Å². The van der Waals surface area contributed by atoms with E-state index in [0.717, 1.165) is 29.3 Å². The molecule has 3 heterocycles. The highest BCUT2D eigenvalue weighted by Gasteiger charge is 2.54. The number of likely N-dealkylation sites (N-methyl/N-ethyl adjacent to an activating group) is 1. The van der Waals surface area contributed by atoms with Crippen LogP contribution in [0.5, 0.6) is 0 Å². The fourth-order valence-electron chi connectivity index (χ4n) is 3.36. The highest BCUT2D eigenvalue weighted by molar-refractivity contribution is 6.21. The van der Waals surface area contributed by atoms with E-state index in [1.807, 2.05) is 18.4 Å². The minimum Gasteiger partial charge on any atom is -0.298 e. The van der Waals surface area contributed by atoms with Gasteiger partial charge in [0.05, 0.1) is 13.1 Å². The van der Waals surface area contributed by atoms with E-state index in [-0.39, 0.29) is 12.3 Å². The van der Waals surface area contributed by atoms with Crippen molar-refractivity contribution in [1.82, 2.24) is 14.4 Å². The number of amidine groups is 1. The quantitative estimate of drug-likeness (QED) is 0.768. The number of imide groups is 1. The smallest absolute Gasteiger partial charge is 0.298 e.